The number of carbonyl (C=O) groups is 1. The number of amides is 1. The van der Waals surface area contributed by atoms with Crippen LogP contribution in [0.2, 0.25) is 0 Å². The van der Waals surface area contributed by atoms with Gasteiger partial charge in [0.2, 0.25) is 5.91 Å². The van der Waals surface area contributed by atoms with Gasteiger partial charge in [-0.15, -0.1) is 0 Å². The quantitative estimate of drug-likeness (QED) is 0.809. The third kappa shape index (κ3) is 2.51. The number of anilines is 1. The van der Waals surface area contributed by atoms with E-state index < -0.39 is 0 Å². The van der Waals surface area contributed by atoms with Gasteiger partial charge in [-0.1, -0.05) is 6.92 Å². The summed E-state index contributed by atoms with van der Waals surface area (Å²) < 4.78 is 0. The van der Waals surface area contributed by atoms with Gasteiger partial charge in [0.1, 0.15) is 0 Å². The molecule has 0 aliphatic carbocycles. The molecule has 1 aromatic rings. The zero-order valence-corrected chi connectivity index (χ0v) is 9.52. The predicted octanol–water partition coefficient (Wildman–Crippen LogP) is 1.07. The number of nitrogens with zero attached hydrogens (tertiary/aromatic N) is 2. The summed E-state index contributed by atoms with van der Waals surface area (Å²) in [5.41, 5.74) is 6.96. The number of nitrogen functional groups attached to an aromatic ring is 1. The molecular weight excluding hydrogens is 202 g/mol. The molecule has 86 valence electrons. The highest BCUT2D eigenvalue weighted by Gasteiger charge is 2.23. The second kappa shape index (κ2) is 4.51. The second-order valence-corrected chi connectivity index (χ2v) is 4.49. The normalized spacial score (nSPS) is 20.1. The van der Waals surface area contributed by atoms with E-state index in [4.69, 9.17) is 5.73 Å². The summed E-state index contributed by atoms with van der Waals surface area (Å²) in [5, 5.41) is 0. The molecule has 1 unspecified atom stereocenters. The lowest BCUT2D eigenvalue weighted by Gasteiger charge is -2.15. The van der Waals surface area contributed by atoms with Crippen molar-refractivity contribution in [1.29, 1.82) is 0 Å². The largest absolute Gasteiger partial charge is 0.397 e. The summed E-state index contributed by atoms with van der Waals surface area (Å²) in [6.07, 6.45) is 3.09. The Bertz CT molecular complexity index is 374. The molecule has 1 aromatic heterocycles. The average Bonchev–Trinajstić information content (AvgIpc) is 2.68. The van der Waals surface area contributed by atoms with Crippen LogP contribution in [-0.4, -0.2) is 28.9 Å². The summed E-state index contributed by atoms with van der Waals surface area (Å²) >= 11 is 0. The van der Waals surface area contributed by atoms with Gasteiger partial charge in [-0.05, 0) is 24.5 Å². The van der Waals surface area contributed by atoms with E-state index >= 15 is 0 Å². The Hall–Kier alpha value is -1.58. The summed E-state index contributed by atoms with van der Waals surface area (Å²) in [7, 11) is 0. The van der Waals surface area contributed by atoms with Crippen LogP contribution in [0.1, 0.15) is 19.0 Å². The molecule has 1 saturated heterocycles. The molecule has 1 atom stereocenters. The molecule has 2 heterocycles. The molecule has 1 aliphatic rings. The first-order valence-electron chi connectivity index (χ1n) is 5.63. The molecule has 2 rings (SSSR count). The van der Waals surface area contributed by atoms with Crippen molar-refractivity contribution in [3.63, 3.8) is 0 Å². The average molecular weight is 219 g/mol. The Kier molecular flexibility index (Phi) is 3.08. The Morgan fingerprint density at radius 2 is 2.44 bits per heavy atom. The lowest BCUT2D eigenvalue weighted by molar-refractivity contribution is -0.129. The van der Waals surface area contributed by atoms with Crippen LogP contribution in [0.15, 0.2) is 18.3 Å². The number of hydrogen-bond donors (Lipinski definition) is 1. The first kappa shape index (κ1) is 10.9. The fraction of sp³-hybridized carbons (Fsp3) is 0.500. The molecule has 1 fully saturated rings. The van der Waals surface area contributed by atoms with Gasteiger partial charge in [-0.3, -0.25) is 9.78 Å². The van der Waals surface area contributed by atoms with Crippen LogP contribution in [-0.2, 0) is 11.2 Å². The van der Waals surface area contributed by atoms with Gasteiger partial charge < -0.3 is 10.6 Å². The first-order chi connectivity index (χ1) is 7.65. The predicted molar refractivity (Wildman–Crippen MR) is 62.7 cm³/mol. The summed E-state index contributed by atoms with van der Waals surface area (Å²) in [5.74, 6) is 0.796. The number of pyridine rings is 1. The summed E-state index contributed by atoms with van der Waals surface area (Å²) in [6, 6.07) is 3.59. The van der Waals surface area contributed by atoms with E-state index in [1.165, 1.54) is 0 Å². The number of nitrogens with two attached hydrogens (primary N) is 1. The molecule has 0 saturated carbocycles. The van der Waals surface area contributed by atoms with Crippen molar-refractivity contribution in [3.8, 4) is 0 Å². The monoisotopic (exact) mass is 219 g/mol. The highest BCUT2D eigenvalue weighted by Crippen LogP contribution is 2.16. The fourth-order valence-corrected chi connectivity index (χ4v) is 1.97. The standard InChI is InChI=1S/C12H17N3O/c1-9-4-5-15(8-9)12(16)6-11-3-2-10(13)7-14-11/h2-3,7,9H,4-6,8,13H2,1H3. The highest BCUT2D eigenvalue weighted by molar-refractivity contribution is 5.78. The fourth-order valence-electron chi connectivity index (χ4n) is 1.97. The number of carbonyl (C=O) groups excluding carboxylic acids is 1. The summed E-state index contributed by atoms with van der Waals surface area (Å²) in [6.45, 7) is 3.94. The zero-order chi connectivity index (χ0) is 11.5. The number of likely N-dealkylation sites (tertiary alicyclic amines) is 1. The van der Waals surface area contributed by atoms with Crippen molar-refractivity contribution < 1.29 is 4.79 Å². The van der Waals surface area contributed by atoms with Gasteiger partial charge in [0.05, 0.1) is 18.3 Å². The van der Waals surface area contributed by atoms with Crippen molar-refractivity contribution in [2.24, 2.45) is 5.92 Å². The molecule has 4 heteroatoms. The van der Waals surface area contributed by atoms with E-state index in [2.05, 4.69) is 11.9 Å². The van der Waals surface area contributed by atoms with Crippen LogP contribution in [0.5, 0.6) is 0 Å². The third-order valence-corrected chi connectivity index (χ3v) is 2.96. The molecule has 0 spiro atoms. The van der Waals surface area contributed by atoms with Gasteiger partial charge >= 0.3 is 0 Å². The van der Waals surface area contributed by atoms with E-state index in [0.29, 0.717) is 18.0 Å². The van der Waals surface area contributed by atoms with Crippen molar-refractivity contribution >= 4 is 11.6 Å². The highest BCUT2D eigenvalue weighted by atomic mass is 16.2. The Morgan fingerprint density at radius 1 is 1.62 bits per heavy atom. The molecule has 0 bridgehead atoms. The lowest BCUT2D eigenvalue weighted by Crippen LogP contribution is -2.30. The molecule has 16 heavy (non-hydrogen) atoms. The van der Waals surface area contributed by atoms with Crippen LogP contribution in [0.25, 0.3) is 0 Å². The van der Waals surface area contributed by atoms with Crippen LogP contribution in [0.3, 0.4) is 0 Å². The molecule has 1 aliphatic heterocycles. The first-order valence-corrected chi connectivity index (χ1v) is 5.63. The van der Waals surface area contributed by atoms with Crippen LogP contribution in [0.4, 0.5) is 5.69 Å². The van der Waals surface area contributed by atoms with Gasteiger partial charge in [-0.25, -0.2) is 0 Å². The van der Waals surface area contributed by atoms with E-state index in [0.717, 1.165) is 25.2 Å². The van der Waals surface area contributed by atoms with Crippen LogP contribution < -0.4 is 5.73 Å². The maximum absolute atomic E-state index is 11.9. The minimum atomic E-state index is 0.168. The molecule has 0 aromatic carbocycles. The van der Waals surface area contributed by atoms with Crippen molar-refractivity contribution in [2.45, 2.75) is 19.8 Å². The molecule has 0 radical (unpaired) electrons. The summed E-state index contributed by atoms with van der Waals surface area (Å²) in [4.78, 5) is 18.0. The Balaban J connectivity index is 1.94. The van der Waals surface area contributed by atoms with Gasteiger partial charge in [0, 0.05) is 18.8 Å². The van der Waals surface area contributed by atoms with Crippen LogP contribution >= 0.6 is 0 Å². The zero-order valence-electron chi connectivity index (χ0n) is 9.52. The smallest absolute Gasteiger partial charge is 0.228 e. The minimum absolute atomic E-state index is 0.168. The number of rotatable bonds is 2. The maximum atomic E-state index is 11.9. The Morgan fingerprint density at radius 3 is 3.00 bits per heavy atom. The van der Waals surface area contributed by atoms with Crippen molar-refractivity contribution in [2.75, 3.05) is 18.8 Å². The number of hydrogen-bond acceptors (Lipinski definition) is 3. The molecule has 2 N–H and O–H groups in total. The van der Waals surface area contributed by atoms with Crippen molar-refractivity contribution in [3.05, 3.63) is 24.0 Å². The number of aromatic nitrogens is 1. The van der Waals surface area contributed by atoms with E-state index in [-0.39, 0.29) is 5.91 Å². The maximum Gasteiger partial charge on any atom is 0.228 e. The van der Waals surface area contributed by atoms with E-state index in [1.54, 1.807) is 12.3 Å². The lowest BCUT2D eigenvalue weighted by atomic mass is 10.2. The topological polar surface area (TPSA) is 59.2 Å². The van der Waals surface area contributed by atoms with Gasteiger partial charge in [0.25, 0.3) is 0 Å². The molecular formula is C12H17N3O. The van der Waals surface area contributed by atoms with Gasteiger partial charge in [0.15, 0.2) is 0 Å². The van der Waals surface area contributed by atoms with E-state index in [9.17, 15) is 4.79 Å². The molecule has 4 nitrogen and oxygen atoms in total. The van der Waals surface area contributed by atoms with E-state index in [1.807, 2.05) is 11.0 Å². The third-order valence-electron chi connectivity index (χ3n) is 2.96. The van der Waals surface area contributed by atoms with Crippen molar-refractivity contribution in [1.82, 2.24) is 9.88 Å². The molecule has 1 amide bonds. The van der Waals surface area contributed by atoms with Crippen LogP contribution in [0, 0.1) is 5.92 Å². The SMILES string of the molecule is CC1CCN(C(=O)Cc2ccc(N)cn2)C1. The minimum Gasteiger partial charge on any atom is -0.397 e. The second-order valence-electron chi connectivity index (χ2n) is 4.49. The van der Waals surface area contributed by atoms with Gasteiger partial charge in [-0.2, -0.15) is 0 Å². The Labute approximate surface area is 95.5 Å².